The molecular weight excluding hydrogens is 869 g/mol. The molecule has 2 N–H and O–H groups in total. The van der Waals surface area contributed by atoms with Crippen molar-refractivity contribution in [1.29, 1.82) is 0 Å². The number of carbonyl (C=O) groups is 2. The number of unbranched alkanes of at least 4 members (excludes halogenated alkanes) is 1. The lowest BCUT2D eigenvalue weighted by molar-refractivity contribution is -0.0280. The van der Waals surface area contributed by atoms with E-state index in [0.29, 0.717) is 157 Å². The molecule has 0 aliphatic heterocycles. The Morgan fingerprint density at radius 1 is 0.433 bits per heavy atom. The molecule has 4 rings (SSSR count). The van der Waals surface area contributed by atoms with E-state index in [-0.39, 0.29) is 25.1 Å². The fourth-order valence-electron chi connectivity index (χ4n) is 6.59. The minimum atomic E-state index is -0.457. The van der Waals surface area contributed by atoms with Crippen LogP contribution < -0.4 is 10.6 Å². The maximum absolute atomic E-state index is 12.3. The highest BCUT2D eigenvalue weighted by molar-refractivity contribution is 5.89. The Morgan fingerprint density at radius 2 is 0.806 bits per heavy atom. The number of esters is 1. The fraction of sp³-hybridized carbons (Fsp3) is 0.600. The normalized spacial score (nSPS) is 12.0. The molecular formula is C50H74N2O15. The van der Waals surface area contributed by atoms with Crippen molar-refractivity contribution in [2.24, 2.45) is 0 Å². The van der Waals surface area contributed by atoms with Gasteiger partial charge in [0.2, 0.25) is 0 Å². The van der Waals surface area contributed by atoms with Crippen molar-refractivity contribution in [3.63, 3.8) is 0 Å². The Bertz CT molecular complexity index is 1660. The first-order valence-electron chi connectivity index (χ1n) is 23.6. The molecule has 0 aromatic heterocycles. The summed E-state index contributed by atoms with van der Waals surface area (Å²) < 4.78 is 71.4. The van der Waals surface area contributed by atoms with E-state index < -0.39 is 6.09 Å². The lowest BCUT2D eigenvalue weighted by Gasteiger charge is -2.14. The summed E-state index contributed by atoms with van der Waals surface area (Å²) >= 11 is 0. The van der Waals surface area contributed by atoms with Crippen LogP contribution in [0.15, 0.2) is 72.8 Å². The Labute approximate surface area is 396 Å². The Hall–Kier alpha value is -4.24. The maximum atomic E-state index is 12.3. The van der Waals surface area contributed by atoms with Crippen LogP contribution in [0.25, 0.3) is 11.1 Å². The lowest BCUT2D eigenvalue weighted by Crippen LogP contribution is -2.29. The molecule has 0 heterocycles. The van der Waals surface area contributed by atoms with Gasteiger partial charge in [0.25, 0.3) is 0 Å². The highest BCUT2D eigenvalue weighted by Crippen LogP contribution is 2.44. The zero-order valence-electron chi connectivity index (χ0n) is 39.4. The minimum Gasteiger partial charge on any atom is -0.460 e. The molecule has 0 fully saturated rings. The van der Waals surface area contributed by atoms with E-state index in [1.807, 2.05) is 36.4 Å². The Balaban J connectivity index is 0.763. The maximum Gasteiger partial charge on any atom is 0.407 e. The van der Waals surface area contributed by atoms with Gasteiger partial charge in [-0.2, -0.15) is 0 Å². The van der Waals surface area contributed by atoms with Crippen molar-refractivity contribution >= 4 is 17.7 Å². The van der Waals surface area contributed by atoms with Gasteiger partial charge >= 0.3 is 12.1 Å². The fourth-order valence-corrected chi connectivity index (χ4v) is 6.59. The molecule has 0 saturated carbocycles. The van der Waals surface area contributed by atoms with E-state index in [0.717, 1.165) is 25.1 Å². The number of nitrogens with one attached hydrogen (secondary N) is 2. The molecule has 0 radical (unpaired) electrons. The van der Waals surface area contributed by atoms with Crippen LogP contribution in [0.4, 0.5) is 10.5 Å². The molecule has 374 valence electrons. The average Bonchev–Trinajstić information content (AvgIpc) is 3.67. The van der Waals surface area contributed by atoms with Crippen molar-refractivity contribution in [3.05, 3.63) is 89.5 Å². The SMILES string of the molecule is CCCCNc1ccc(C(=O)OCCOCCOCCOCCOCCOCCOCCOCCOCCOCCOCCOCCNC(=O)OCC2c3ccccc3-c3ccccc32)cc1. The summed E-state index contributed by atoms with van der Waals surface area (Å²) in [6.45, 7) is 13.7. The summed E-state index contributed by atoms with van der Waals surface area (Å²) in [6, 6.07) is 23.8. The third-order valence-electron chi connectivity index (χ3n) is 10.0. The van der Waals surface area contributed by atoms with E-state index in [9.17, 15) is 9.59 Å². The number of ether oxygens (including phenoxy) is 13. The first kappa shape index (κ1) is 55.4. The lowest BCUT2D eigenvalue weighted by atomic mass is 9.98. The smallest absolute Gasteiger partial charge is 0.407 e. The average molecular weight is 943 g/mol. The summed E-state index contributed by atoms with van der Waals surface area (Å²) in [5.41, 5.74) is 6.26. The number of fused-ring (bicyclic) bond motifs is 3. The summed E-state index contributed by atoms with van der Waals surface area (Å²) in [5, 5.41) is 6.06. The number of alkyl carbamates (subject to hydrolysis) is 1. The summed E-state index contributed by atoms with van der Waals surface area (Å²) in [7, 11) is 0. The minimum absolute atomic E-state index is 0.0306. The van der Waals surface area contributed by atoms with Crippen LogP contribution in [-0.4, -0.2) is 184 Å². The van der Waals surface area contributed by atoms with Crippen LogP contribution in [0.1, 0.15) is 47.2 Å². The predicted molar refractivity (Wildman–Crippen MR) is 252 cm³/mol. The van der Waals surface area contributed by atoms with Crippen molar-refractivity contribution < 1.29 is 71.2 Å². The monoisotopic (exact) mass is 943 g/mol. The highest BCUT2D eigenvalue weighted by Gasteiger charge is 2.29. The van der Waals surface area contributed by atoms with E-state index in [2.05, 4.69) is 41.8 Å². The number of hydrogen-bond acceptors (Lipinski definition) is 16. The van der Waals surface area contributed by atoms with Crippen molar-refractivity contribution in [1.82, 2.24) is 5.32 Å². The number of amides is 1. The van der Waals surface area contributed by atoms with Gasteiger partial charge in [0, 0.05) is 24.7 Å². The molecule has 3 aromatic carbocycles. The van der Waals surface area contributed by atoms with Crippen molar-refractivity contribution in [2.75, 3.05) is 177 Å². The van der Waals surface area contributed by atoms with Crippen molar-refractivity contribution in [3.8, 4) is 11.1 Å². The van der Waals surface area contributed by atoms with Gasteiger partial charge < -0.3 is 72.2 Å². The number of rotatable bonds is 43. The van der Waals surface area contributed by atoms with Gasteiger partial charge in [-0.15, -0.1) is 0 Å². The molecule has 0 unspecified atom stereocenters. The third kappa shape index (κ3) is 25.1. The quantitative estimate of drug-likeness (QED) is 0.0515. The second kappa shape index (κ2) is 37.7. The summed E-state index contributed by atoms with van der Waals surface area (Å²) in [6.07, 6.45) is 1.78. The molecule has 1 aliphatic rings. The van der Waals surface area contributed by atoms with E-state index in [4.69, 9.17) is 61.6 Å². The van der Waals surface area contributed by atoms with Crippen LogP contribution in [-0.2, 0) is 61.6 Å². The van der Waals surface area contributed by atoms with Gasteiger partial charge in [0.1, 0.15) is 13.2 Å². The zero-order chi connectivity index (χ0) is 47.1. The van der Waals surface area contributed by atoms with Crippen LogP contribution in [0, 0.1) is 0 Å². The molecule has 1 aliphatic carbocycles. The molecule has 17 nitrogen and oxygen atoms in total. The summed E-state index contributed by atoms with van der Waals surface area (Å²) in [4.78, 5) is 24.4. The number of hydrogen-bond donors (Lipinski definition) is 2. The van der Waals surface area contributed by atoms with Gasteiger partial charge in [0.15, 0.2) is 0 Å². The van der Waals surface area contributed by atoms with Gasteiger partial charge in [-0.05, 0) is 52.9 Å². The number of benzene rings is 3. The molecule has 0 spiro atoms. The van der Waals surface area contributed by atoms with Gasteiger partial charge in [-0.25, -0.2) is 9.59 Å². The largest absolute Gasteiger partial charge is 0.460 e. The molecule has 0 saturated heterocycles. The topological polar surface area (TPSA) is 178 Å². The van der Waals surface area contributed by atoms with Crippen LogP contribution in [0.3, 0.4) is 0 Å². The van der Waals surface area contributed by atoms with Crippen LogP contribution in [0.2, 0.25) is 0 Å². The predicted octanol–water partition coefficient (Wildman–Crippen LogP) is 5.78. The van der Waals surface area contributed by atoms with Crippen LogP contribution in [0.5, 0.6) is 0 Å². The van der Waals surface area contributed by atoms with Crippen molar-refractivity contribution in [2.45, 2.75) is 25.7 Å². The van der Waals surface area contributed by atoms with E-state index >= 15 is 0 Å². The number of anilines is 1. The van der Waals surface area contributed by atoms with Gasteiger partial charge in [0.05, 0.1) is 151 Å². The number of carbonyl (C=O) groups excluding carboxylic acids is 2. The Kier molecular flexibility index (Phi) is 31.2. The molecule has 67 heavy (non-hydrogen) atoms. The molecule has 1 amide bonds. The highest BCUT2D eigenvalue weighted by atomic mass is 16.6. The molecule has 0 atom stereocenters. The first-order chi connectivity index (χ1) is 33.2. The third-order valence-corrected chi connectivity index (χ3v) is 10.0. The second-order valence-electron chi connectivity index (χ2n) is 15.0. The first-order valence-corrected chi connectivity index (χ1v) is 23.6. The second-order valence-corrected chi connectivity index (χ2v) is 15.0. The van der Waals surface area contributed by atoms with E-state index in [1.165, 1.54) is 22.3 Å². The van der Waals surface area contributed by atoms with Gasteiger partial charge in [-0.1, -0.05) is 61.9 Å². The molecule has 17 heteroatoms. The molecule has 3 aromatic rings. The van der Waals surface area contributed by atoms with Gasteiger partial charge in [-0.3, -0.25) is 0 Å². The Morgan fingerprint density at radius 3 is 1.21 bits per heavy atom. The summed E-state index contributed by atoms with van der Waals surface area (Å²) in [5.74, 6) is -0.336. The molecule has 0 bridgehead atoms. The van der Waals surface area contributed by atoms with E-state index in [1.54, 1.807) is 12.1 Å². The van der Waals surface area contributed by atoms with Crippen LogP contribution >= 0.6 is 0 Å². The standard InChI is InChI=1S/C50H74N2O15/c1-2-3-16-51-43-14-12-42(13-15-43)49(53)66-40-39-65-38-37-64-36-35-63-34-33-62-32-31-61-30-29-60-28-27-59-26-25-58-24-23-57-22-21-56-20-19-55-18-17-52-50(54)67-41-48-46-10-6-4-8-44(46)45-9-5-7-11-47(45)48/h4-15,48,51H,2-3,16-41H2,1H3,(H,52,54). The zero-order valence-corrected chi connectivity index (χ0v) is 39.4.